The van der Waals surface area contributed by atoms with E-state index in [4.69, 9.17) is 19.2 Å². The summed E-state index contributed by atoms with van der Waals surface area (Å²) in [5.41, 5.74) is 2.91. The first-order valence-electron chi connectivity index (χ1n) is 9.07. The highest BCUT2D eigenvalue weighted by Gasteiger charge is 2.20. The molecule has 1 saturated heterocycles. The molecule has 0 saturated carbocycles. The van der Waals surface area contributed by atoms with Gasteiger partial charge in [0, 0.05) is 17.6 Å². The molecule has 1 aliphatic rings. The Morgan fingerprint density at radius 3 is 2.74 bits per heavy atom. The molecule has 5 nitrogen and oxygen atoms in total. The summed E-state index contributed by atoms with van der Waals surface area (Å²) in [5, 5.41) is 0.784. The zero-order chi connectivity index (χ0) is 18.6. The van der Waals surface area contributed by atoms with Gasteiger partial charge in [-0.2, -0.15) is 0 Å². The molecule has 0 aliphatic carbocycles. The lowest BCUT2D eigenvalue weighted by Gasteiger charge is -2.13. The number of carbonyl (C=O) groups excluding carboxylic acids is 1. The fourth-order valence-corrected chi connectivity index (χ4v) is 3.28. The van der Waals surface area contributed by atoms with Crippen LogP contribution in [0.4, 0.5) is 0 Å². The molecule has 0 N–H and O–H groups in total. The van der Waals surface area contributed by atoms with Crippen LogP contribution in [0.25, 0.3) is 22.2 Å². The van der Waals surface area contributed by atoms with Crippen LogP contribution in [0.5, 0.6) is 5.75 Å². The van der Waals surface area contributed by atoms with Gasteiger partial charge in [-0.1, -0.05) is 18.2 Å². The zero-order valence-corrected chi connectivity index (χ0v) is 15.2. The Kier molecular flexibility index (Phi) is 5.03. The highest BCUT2D eigenvalue weighted by Crippen LogP contribution is 2.27. The number of pyridine rings is 1. The second kappa shape index (κ2) is 7.76. The minimum Gasteiger partial charge on any atom is -0.497 e. The smallest absolute Gasteiger partial charge is 0.338 e. The molecule has 2 heterocycles. The number of fused-ring (bicyclic) bond motifs is 1. The first-order chi connectivity index (χ1) is 13.2. The van der Waals surface area contributed by atoms with E-state index in [2.05, 4.69) is 0 Å². The molecule has 2 aromatic carbocycles. The fraction of sp³-hybridized carbons (Fsp3) is 0.273. The van der Waals surface area contributed by atoms with Gasteiger partial charge >= 0.3 is 5.97 Å². The van der Waals surface area contributed by atoms with E-state index in [-0.39, 0.29) is 18.7 Å². The number of methoxy groups -OCH3 is 1. The van der Waals surface area contributed by atoms with Crippen LogP contribution in [0.3, 0.4) is 0 Å². The third-order valence-electron chi connectivity index (χ3n) is 4.75. The summed E-state index contributed by atoms with van der Waals surface area (Å²) in [6.45, 7) is 1.02. The van der Waals surface area contributed by atoms with Gasteiger partial charge in [0.2, 0.25) is 0 Å². The monoisotopic (exact) mass is 363 g/mol. The largest absolute Gasteiger partial charge is 0.497 e. The number of nitrogens with zero attached hydrogens (tertiary/aromatic N) is 1. The maximum atomic E-state index is 12.8. The average molecular weight is 363 g/mol. The van der Waals surface area contributed by atoms with Gasteiger partial charge in [0.05, 0.1) is 30.0 Å². The van der Waals surface area contributed by atoms with Gasteiger partial charge in [-0.3, -0.25) is 0 Å². The molecule has 1 atom stereocenters. The summed E-state index contributed by atoms with van der Waals surface area (Å²) >= 11 is 0. The Labute approximate surface area is 157 Å². The van der Waals surface area contributed by atoms with Crippen molar-refractivity contribution in [1.29, 1.82) is 0 Å². The molecule has 3 aromatic rings. The van der Waals surface area contributed by atoms with E-state index in [1.807, 2.05) is 48.5 Å². The SMILES string of the molecule is COc1ccc(-c2cc(C(=O)OCC3CCCO3)c3ccccc3n2)cc1. The van der Waals surface area contributed by atoms with Crippen LogP contribution in [0.1, 0.15) is 23.2 Å². The second-order valence-corrected chi connectivity index (χ2v) is 6.53. The number of esters is 1. The average Bonchev–Trinajstić information content (AvgIpc) is 3.25. The van der Waals surface area contributed by atoms with Crippen LogP contribution in [-0.2, 0) is 9.47 Å². The zero-order valence-electron chi connectivity index (χ0n) is 15.2. The first-order valence-corrected chi connectivity index (χ1v) is 9.07. The van der Waals surface area contributed by atoms with Crippen molar-refractivity contribution in [3.63, 3.8) is 0 Å². The summed E-state index contributed by atoms with van der Waals surface area (Å²) in [7, 11) is 1.63. The number of carbonyl (C=O) groups is 1. The standard InChI is InChI=1S/C22H21NO4/c1-25-16-10-8-15(9-11-16)21-13-19(18-6-2-3-7-20(18)23-21)22(24)27-14-17-5-4-12-26-17/h2-3,6-11,13,17H,4-5,12,14H2,1H3. The topological polar surface area (TPSA) is 57.7 Å². The van der Waals surface area contributed by atoms with Crippen LogP contribution < -0.4 is 4.74 Å². The van der Waals surface area contributed by atoms with E-state index in [0.717, 1.165) is 47.4 Å². The molecule has 0 radical (unpaired) electrons. The minimum atomic E-state index is -0.348. The van der Waals surface area contributed by atoms with Gasteiger partial charge in [-0.15, -0.1) is 0 Å². The van der Waals surface area contributed by atoms with Crippen LogP contribution in [0.2, 0.25) is 0 Å². The summed E-state index contributed by atoms with van der Waals surface area (Å²) in [6, 6.07) is 17.0. The highest BCUT2D eigenvalue weighted by atomic mass is 16.6. The van der Waals surface area contributed by atoms with Gasteiger partial charge in [0.15, 0.2) is 0 Å². The lowest BCUT2D eigenvalue weighted by molar-refractivity contribution is 0.0163. The summed E-state index contributed by atoms with van der Waals surface area (Å²) in [4.78, 5) is 17.5. The lowest BCUT2D eigenvalue weighted by atomic mass is 10.0. The molecule has 1 fully saturated rings. The Morgan fingerprint density at radius 1 is 1.19 bits per heavy atom. The maximum Gasteiger partial charge on any atom is 0.338 e. The molecule has 0 amide bonds. The van der Waals surface area contributed by atoms with Crippen LogP contribution >= 0.6 is 0 Å². The summed E-state index contributed by atoms with van der Waals surface area (Å²) < 4.78 is 16.3. The van der Waals surface area contributed by atoms with Crippen LogP contribution in [-0.4, -0.2) is 37.4 Å². The van der Waals surface area contributed by atoms with Crippen molar-refractivity contribution in [3.8, 4) is 17.0 Å². The van der Waals surface area contributed by atoms with E-state index in [1.165, 1.54) is 0 Å². The molecule has 1 aromatic heterocycles. The molecule has 4 rings (SSSR count). The maximum absolute atomic E-state index is 12.8. The third kappa shape index (κ3) is 3.78. The van der Waals surface area contributed by atoms with Crippen molar-refractivity contribution in [2.45, 2.75) is 18.9 Å². The number of rotatable bonds is 5. The van der Waals surface area contributed by atoms with Crippen LogP contribution in [0.15, 0.2) is 54.6 Å². The Hall–Kier alpha value is -2.92. The molecular weight excluding hydrogens is 342 g/mol. The Balaban J connectivity index is 1.68. The summed E-state index contributed by atoms with van der Waals surface area (Å²) in [5.74, 6) is 0.426. The fourth-order valence-electron chi connectivity index (χ4n) is 3.28. The van der Waals surface area contributed by atoms with Crippen molar-refractivity contribution in [2.75, 3.05) is 20.3 Å². The number of para-hydroxylation sites is 1. The number of ether oxygens (including phenoxy) is 3. The molecule has 0 bridgehead atoms. The molecule has 5 heteroatoms. The van der Waals surface area contributed by atoms with Gasteiger partial charge in [0.1, 0.15) is 12.4 Å². The minimum absolute atomic E-state index is 0.00288. The number of benzene rings is 2. The van der Waals surface area contributed by atoms with Crippen molar-refractivity contribution in [2.24, 2.45) is 0 Å². The van der Waals surface area contributed by atoms with E-state index in [9.17, 15) is 4.79 Å². The van der Waals surface area contributed by atoms with Crippen molar-refractivity contribution < 1.29 is 19.0 Å². The van der Waals surface area contributed by atoms with E-state index in [0.29, 0.717) is 5.56 Å². The molecule has 1 unspecified atom stereocenters. The Morgan fingerprint density at radius 2 is 2.00 bits per heavy atom. The van der Waals surface area contributed by atoms with E-state index >= 15 is 0 Å². The molecule has 138 valence electrons. The number of hydrogen-bond donors (Lipinski definition) is 0. The number of hydrogen-bond acceptors (Lipinski definition) is 5. The predicted molar refractivity (Wildman–Crippen MR) is 103 cm³/mol. The lowest BCUT2D eigenvalue weighted by Crippen LogP contribution is -2.18. The van der Waals surface area contributed by atoms with Crippen molar-refractivity contribution >= 4 is 16.9 Å². The molecule has 27 heavy (non-hydrogen) atoms. The van der Waals surface area contributed by atoms with Crippen molar-refractivity contribution in [3.05, 3.63) is 60.2 Å². The van der Waals surface area contributed by atoms with E-state index in [1.54, 1.807) is 13.2 Å². The molecular formula is C22H21NO4. The third-order valence-corrected chi connectivity index (χ3v) is 4.75. The van der Waals surface area contributed by atoms with E-state index < -0.39 is 0 Å². The molecule has 0 spiro atoms. The second-order valence-electron chi connectivity index (χ2n) is 6.53. The van der Waals surface area contributed by atoms with Gasteiger partial charge < -0.3 is 14.2 Å². The predicted octanol–water partition coefficient (Wildman–Crippen LogP) is 4.25. The summed E-state index contributed by atoms with van der Waals surface area (Å²) in [6.07, 6.45) is 1.95. The van der Waals surface area contributed by atoms with Crippen LogP contribution in [0, 0.1) is 0 Å². The molecule has 1 aliphatic heterocycles. The van der Waals surface area contributed by atoms with Gasteiger partial charge in [-0.25, -0.2) is 9.78 Å². The van der Waals surface area contributed by atoms with Gasteiger partial charge in [0.25, 0.3) is 0 Å². The normalized spacial score (nSPS) is 16.4. The van der Waals surface area contributed by atoms with Gasteiger partial charge in [-0.05, 0) is 49.2 Å². The quantitative estimate of drug-likeness (QED) is 0.635. The van der Waals surface area contributed by atoms with Crippen molar-refractivity contribution in [1.82, 2.24) is 4.98 Å². The number of aromatic nitrogens is 1. The highest BCUT2D eigenvalue weighted by molar-refractivity contribution is 6.04. The first kappa shape index (κ1) is 17.5. The Bertz CT molecular complexity index is 946.